The Hall–Kier alpha value is -1.95. The van der Waals surface area contributed by atoms with Crippen molar-refractivity contribution in [3.63, 3.8) is 0 Å². The molecule has 1 N–H and O–H groups in total. The van der Waals surface area contributed by atoms with Crippen LogP contribution in [0, 0.1) is 11.3 Å². The van der Waals surface area contributed by atoms with Gasteiger partial charge in [0.15, 0.2) is 11.3 Å². The summed E-state index contributed by atoms with van der Waals surface area (Å²) in [6.07, 6.45) is 5.34. The zero-order valence-electron chi connectivity index (χ0n) is 17.6. The maximum absolute atomic E-state index is 12.9. The lowest BCUT2D eigenvalue weighted by atomic mass is 9.70. The van der Waals surface area contributed by atoms with Crippen molar-refractivity contribution in [3.8, 4) is 11.4 Å². The quantitative estimate of drug-likeness (QED) is 0.547. The number of aryl methyl sites for hydroxylation is 1. The molecule has 6 heteroatoms. The highest BCUT2D eigenvalue weighted by Gasteiger charge is 2.32. The predicted octanol–water partition coefficient (Wildman–Crippen LogP) is 5.73. The minimum absolute atomic E-state index is 0.114. The first-order valence-corrected chi connectivity index (χ1v) is 11.3. The molecule has 0 saturated heterocycles. The van der Waals surface area contributed by atoms with E-state index in [-0.39, 0.29) is 5.56 Å². The van der Waals surface area contributed by atoms with Crippen molar-refractivity contribution in [1.29, 1.82) is 0 Å². The van der Waals surface area contributed by atoms with Gasteiger partial charge in [-0.25, -0.2) is 9.50 Å². The first kappa shape index (κ1) is 20.3. The summed E-state index contributed by atoms with van der Waals surface area (Å²) < 4.78 is 2.83. The number of aromatic amines is 1. The second-order valence-electron chi connectivity index (χ2n) is 9.25. The lowest BCUT2D eigenvalue weighted by molar-refractivity contribution is 0.167. The van der Waals surface area contributed by atoms with Crippen LogP contribution in [0.4, 0.5) is 0 Å². The summed E-state index contributed by atoms with van der Waals surface area (Å²) >= 11 is 3.46. The smallest absolute Gasteiger partial charge is 0.277 e. The van der Waals surface area contributed by atoms with Gasteiger partial charge in [-0.05, 0) is 55.6 Å². The molecule has 1 aliphatic rings. The molecule has 4 rings (SSSR count). The van der Waals surface area contributed by atoms with E-state index in [1.165, 1.54) is 12.8 Å². The summed E-state index contributed by atoms with van der Waals surface area (Å²) in [5.41, 5.74) is 2.56. The molecular formula is C23H29BrN4O. The summed E-state index contributed by atoms with van der Waals surface area (Å²) in [6, 6.07) is 7.83. The van der Waals surface area contributed by atoms with Gasteiger partial charge in [-0.1, -0.05) is 55.8 Å². The number of hydrogen-bond acceptors (Lipinski definition) is 3. The first-order chi connectivity index (χ1) is 13.8. The molecule has 0 radical (unpaired) electrons. The lowest BCUT2D eigenvalue weighted by Gasteiger charge is -2.36. The number of nitrogens with zero attached hydrogens (tertiary/aromatic N) is 3. The van der Waals surface area contributed by atoms with Crippen LogP contribution < -0.4 is 5.56 Å². The SMILES string of the molecule is CCc1nc([C@H]2CC[C@@H](C(C)(C)C)CC2)n2nc(-c3ccc(Br)cc3)[nH]c(=O)c12. The molecule has 2 aromatic heterocycles. The normalized spacial score (nSPS) is 20.3. The van der Waals surface area contributed by atoms with Crippen LogP contribution in [0.1, 0.15) is 70.8 Å². The molecule has 1 aromatic carbocycles. The van der Waals surface area contributed by atoms with Gasteiger partial charge in [-0.15, -0.1) is 5.10 Å². The fourth-order valence-electron chi connectivity index (χ4n) is 4.56. The summed E-state index contributed by atoms with van der Waals surface area (Å²) in [4.78, 5) is 20.8. The third kappa shape index (κ3) is 3.91. The lowest BCUT2D eigenvalue weighted by Crippen LogP contribution is -2.26. The molecule has 0 atom stereocenters. The van der Waals surface area contributed by atoms with Crippen LogP contribution in [0.3, 0.4) is 0 Å². The van der Waals surface area contributed by atoms with E-state index >= 15 is 0 Å². The maximum Gasteiger partial charge on any atom is 0.277 e. The Bertz CT molecular complexity index is 1070. The number of nitrogens with one attached hydrogen (secondary N) is 1. The number of benzene rings is 1. The maximum atomic E-state index is 12.9. The zero-order valence-corrected chi connectivity index (χ0v) is 19.2. The van der Waals surface area contributed by atoms with Gasteiger partial charge in [0.2, 0.25) is 0 Å². The fraction of sp³-hybridized carbons (Fsp3) is 0.522. The van der Waals surface area contributed by atoms with Crippen LogP contribution in [0.25, 0.3) is 16.9 Å². The van der Waals surface area contributed by atoms with Crippen LogP contribution in [-0.2, 0) is 6.42 Å². The number of rotatable bonds is 3. The van der Waals surface area contributed by atoms with E-state index in [0.717, 1.165) is 46.7 Å². The highest BCUT2D eigenvalue weighted by Crippen LogP contribution is 2.43. The van der Waals surface area contributed by atoms with Crippen molar-refractivity contribution in [2.75, 3.05) is 0 Å². The first-order valence-electron chi connectivity index (χ1n) is 10.6. The van der Waals surface area contributed by atoms with E-state index in [4.69, 9.17) is 10.1 Å². The molecule has 0 bridgehead atoms. The number of hydrogen-bond donors (Lipinski definition) is 1. The Morgan fingerprint density at radius 1 is 1.14 bits per heavy atom. The topological polar surface area (TPSA) is 63.1 Å². The Kier molecular flexibility index (Phi) is 5.40. The number of fused-ring (bicyclic) bond motifs is 1. The van der Waals surface area contributed by atoms with Crippen molar-refractivity contribution in [1.82, 2.24) is 19.6 Å². The molecule has 0 aliphatic heterocycles. The van der Waals surface area contributed by atoms with E-state index in [1.807, 2.05) is 35.7 Å². The molecule has 0 amide bonds. The molecular weight excluding hydrogens is 428 g/mol. The summed E-state index contributed by atoms with van der Waals surface area (Å²) in [7, 11) is 0. The molecule has 0 unspecified atom stereocenters. The number of H-pyrrole nitrogens is 1. The summed E-state index contributed by atoms with van der Waals surface area (Å²) in [5, 5.41) is 4.83. The standard InChI is InChI=1S/C23H29BrN4O/c1-5-18-19-22(29)26-20(14-8-12-17(24)13-9-14)27-28(19)21(25-18)15-6-10-16(11-7-15)23(2,3)4/h8-9,12-13,15-16H,5-7,10-11H2,1-4H3,(H,26,27,29)/t15-,16+. The fourth-order valence-corrected chi connectivity index (χ4v) is 4.83. The molecule has 3 aromatic rings. The van der Waals surface area contributed by atoms with Crippen molar-refractivity contribution in [2.45, 2.75) is 65.7 Å². The van der Waals surface area contributed by atoms with E-state index < -0.39 is 0 Å². The molecule has 1 fully saturated rings. The van der Waals surface area contributed by atoms with E-state index in [9.17, 15) is 4.79 Å². The Morgan fingerprint density at radius 3 is 2.38 bits per heavy atom. The van der Waals surface area contributed by atoms with Gasteiger partial charge in [-0.3, -0.25) is 4.79 Å². The van der Waals surface area contributed by atoms with Crippen LogP contribution >= 0.6 is 15.9 Å². The van der Waals surface area contributed by atoms with Gasteiger partial charge < -0.3 is 4.98 Å². The number of halogens is 1. The number of imidazole rings is 1. The second kappa shape index (κ2) is 7.71. The highest BCUT2D eigenvalue weighted by molar-refractivity contribution is 9.10. The Balaban J connectivity index is 1.76. The second-order valence-corrected chi connectivity index (χ2v) is 10.2. The van der Waals surface area contributed by atoms with Crippen molar-refractivity contribution >= 4 is 21.4 Å². The highest BCUT2D eigenvalue weighted by atomic mass is 79.9. The molecule has 1 saturated carbocycles. The Labute approximate surface area is 180 Å². The van der Waals surface area contributed by atoms with E-state index in [2.05, 4.69) is 41.7 Å². The molecule has 29 heavy (non-hydrogen) atoms. The largest absolute Gasteiger partial charge is 0.303 e. The van der Waals surface area contributed by atoms with Gasteiger partial charge in [0.1, 0.15) is 5.82 Å². The minimum Gasteiger partial charge on any atom is -0.303 e. The van der Waals surface area contributed by atoms with Crippen LogP contribution in [0.15, 0.2) is 33.5 Å². The molecule has 154 valence electrons. The third-order valence-electron chi connectivity index (χ3n) is 6.37. The third-order valence-corrected chi connectivity index (χ3v) is 6.90. The molecule has 1 aliphatic carbocycles. The number of aromatic nitrogens is 4. The molecule has 5 nitrogen and oxygen atoms in total. The van der Waals surface area contributed by atoms with E-state index in [1.54, 1.807) is 0 Å². The summed E-state index contributed by atoms with van der Waals surface area (Å²) in [5.74, 6) is 2.63. The average Bonchev–Trinajstić information content (AvgIpc) is 3.07. The Morgan fingerprint density at radius 2 is 1.79 bits per heavy atom. The van der Waals surface area contributed by atoms with E-state index in [0.29, 0.717) is 22.7 Å². The summed E-state index contributed by atoms with van der Waals surface area (Å²) in [6.45, 7) is 9.06. The van der Waals surface area contributed by atoms with Crippen LogP contribution in [0.2, 0.25) is 0 Å². The van der Waals surface area contributed by atoms with Crippen molar-refractivity contribution < 1.29 is 0 Å². The van der Waals surface area contributed by atoms with Crippen molar-refractivity contribution in [2.24, 2.45) is 11.3 Å². The van der Waals surface area contributed by atoms with Gasteiger partial charge in [0, 0.05) is 16.0 Å². The van der Waals surface area contributed by atoms with Crippen LogP contribution in [-0.4, -0.2) is 19.6 Å². The predicted molar refractivity (Wildman–Crippen MR) is 120 cm³/mol. The molecule has 2 heterocycles. The minimum atomic E-state index is -0.114. The van der Waals surface area contributed by atoms with Gasteiger partial charge in [0.25, 0.3) is 5.56 Å². The monoisotopic (exact) mass is 456 g/mol. The van der Waals surface area contributed by atoms with Gasteiger partial charge >= 0.3 is 0 Å². The average molecular weight is 457 g/mol. The van der Waals surface area contributed by atoms with Crippen LogP contribution in [0.5, 0.6) is 0 Å². The van der Waals surface area contributed by atoms with Crippen molar-refractivity contribution in [3.05, 3.63) is 50.6 Å². The molecule has 0 spiro atoms. The van der Waals surface area contributed by atoms with Gasteiger partial charge in [0.05, 0.1) is 5.69 Å². The zero-order chi connectivity index (χ0) is 20.8. The van der Waals surface area contributed by atoms with Gasteiger partial charge in [-0.2, -0.15) is 0 Å².